The first-order valence-electron chi connectivity index (χ1n) is 8.03. The van der Waals surface area contributed by atoms with Crippen LogP contribution in [0.15, 0.2) is 24.3 Å². The molecule has 22 heavy (non-hydrogen) atoms. The summed E-state index contributed by atoms with van der Waals surface area (Å²) in [6.45, 7) is 14.7. The lowest BCUT2D eigenvalue weighted by atomic mass is 9.68. The number of carbonyl (C=O) groups excluding carboxylic acids is 1. The standard InChI is InChI=1S/C19H31NO2/c1-13(2)19(6,7)16(17(22)20-18(3,4)5)12-14-8-10-15(21)11-9-14/h8-11,13,16,21H,12H2,1-7H3,(H,20,22). The molecular weight excluding hydrogens is 274 g/mol. The maximum atomic E-state index is 12.8. The molecule has 0 heterocycles. The molecular formula is C19H31NO2. The zero-order valence-electron chi connectivity index (χ0n) is 15.0. The number of hydrogen-bond acceptors (Lipinski definition) is 2. The van der Waals surface area contributed by atoms with Gasteiger partial charge in [-0.05, 0) is 56.2 Å². The zero-order chi connectivity index (χ0) is 17.1. The van der Waals surface area contributed by atoms with E-state index >= 15 is 0 Å². The van der Waals surface area contributed by atoms with Gasteiger partial charge < -0.3 is 10.4 Å². The van der Waals surface area contributed by atoms with Crippen molar-refractivity contribution < 1.29 is 9.90 Å². The highest BCUT2D eigenvalue weighted by Gasteiger charge is 2.38. The maximum absolute atomic E-state index is 12.8. The molecule has 2 N–H and O–H groups in total. The Morgan fingerprint density at radius 3 is 2.00 bits per heavy atom. The van der Waals surface area contributed by atoms with Gasteiger partial charge in [0, 0.05) is 11.5 Å². The molecule has 1 rings (SSSR count). The molecule has 3 heteroatoms. The lowest BCUT2D eigenvalue weighted by molar-refractivity contribution is -0.131. The number of amides is 1. The van der Waals surface area contributed by atoms with E-state index in [1.165, 1.54) is 0 Å². The summed E-state index contributed by atoms with van der Waals surface area (Å²) in [6.07, 6.45) is 0.674. The Balaban J connectivity index is 3.06. The quantitative estimate of drug-likeness (QED) is 0.858. The molecule has 0 radical (unpaired) electrons. The predicted octanol–water partition coefficient (Wildman–Crippen LogP) is 4.15. The van der Waals surface area contributed by atoms with E-state index in [0.29, 0.717) is 12.3 Å². The van der Waals surface area contributed by atoms with Crippen molar-refractivity contribution in [2.45, 2.75) is 60.4 Å². The molecule has 3 nitrogen and oxygen atoms in total. The number of phenols is 1. The number of benzene rings is 1. The van der Waals surface area contributed by atoms with Gasteiger partial charge in [0.1, 0.15) is 5.75 Å². The zero-order valence-corrected chi connectivity index (χ0v) is 15.0. The SMILES string of the molecule is CC(C)C(C)(C)C(Cc1ccc(O)cc1)C(=O)NC(C)(C)C. The van der Waals surface area contributed by atoms with Crippen LogP contribution in [0.5, 0.6) is 5.75 Å². The molecule has 1 atom stereocenters. The molecule has 1 aromatic rings. The van der Waals surface area contributed by atoms with E-state index in [9.17, 15) is 9.90 Å². The molecule has 0 aliphatic heterocycles. The van der Waals surface area contributed by atoms with Crippen molar-refractivity contribution in [3.63, 3.8) is 0 Å². The molecule has 0 saturated heterocycles. The van der Waals surface area contributed by atoms with Crippen LogP contribution >= 0.6 is 0 Å². The van der Waals surface area contributed by atoms with Gasteiger partial charge in [0.2, 0.25) is 5.91 Å². The predicted molar refractivity (Wildman–Crippen MR) is 91.8 cm³/mol. The van der Waals surface area contributed by atoms with Gasteiger partial charge in [-0.15, -0.1) is 0 Å². The highest BCUT2D eigenvalue weighted by Crippen LogP contribution is 2.37. The molecule has 0 saturated carbocycles. The van der Waals surface area contributed by atoms with Crippen LogP contribution in [0.3, 0.4) is 0 Å². The van der Waals surface area contributed by atoms with Gasteiger partial charge in [0.05, 0.1) is 0 Å². The van der Waals surface area contributed by atoms with Crippen LogP contribution in [0.25, 0.3) is 0 Å². The van der Waals surface area contributed by atoms with Crippen molar-refractivity contribution in [2.75, 3.05) is 0 Å². The molecule has 1 aromatic carbocycles. The summed E-state index contributed by atoms with van der Waals surface area (Å²) in [7, 11) is 0. The third kappa shape index (κ3) is 5.04. The summed E-state index contributed by atoms with van der Waals surface area (Å²) in [5.41, 5.74) is 0.713. The molecule has 1 amide bonds. The lowest BCUT2D eigenvalue weighted by Crippen LogP contribution is -2.49. The number of carbonyl (C=O) groups is 1. The van der Waals surface area contributed by atoms with Gasteiger partial charge in [-0.25, -0.2) is 0 Å². The van der Waals surface area contributed by atoms with Gasteiger partial charge in [-0.2, -0.15) is 0 Å². The Labute approximate surface area is 135 Å². The fourth-order valence-electron chi connectivity index (χ4n) is 2.42. The van der Waals surface area contributed by atoms with Crippen molar-refractivity contribution >= 4 is 5.91 Å². The van der Waals surface area contributed by atoms with E-state index in [0.717, 1.165) is 5.56 Å². The van der Waals surface area contributed by atoms with E-state index in [4.69, 9.17) is 0 Å². The lowest BCUT2D eigenvalue weighted by Gasteiger charge is -2.38. The minimum absolute atomic E-state index is 0.0966. The second kappa shape index (κ2) is 6.72. The van der Waals surface area contributed by atoms with Crippen LogP contribution < -0.4 is 5.32 Å². The Kier molecular flexibility index (Phi) is 5.66. The van der Waals surface area contributed by atoms with E-state index in [1.807, 2.05) is 32.9 Å². The summed E-state index contributed by atoms with van der Waals surface area (Å²) in [5, 5.41) is 12.5. The van der Waals surface area contributed by atoms with E-state index in [-0.39, 0.29) is 28.5 Å². The van der Waals surface area contributed by atoms with Crippen molar-refractivity contribution in [2.24, 2.45) is 17.3 Å². The highest BCUT2D eigenvalue weighted by molar-refractivity contribution is 5.80. The number of aromatic hydroxyl groups is 1. The molecule has 0 aliphatic carbocycles. The fraction of sp³-hybridized carbons (Fsp3) is 0.632. The second-order valence-electron chi connectivity index (χ2n) is 8.14. The second-order valence-corrected chi connectivity index (χ2v) is 8.14. The van der Waals surface area contributed by atoms with E-state index < -0.39 is 0 Å². The molecule has 0 spiro atoms. The van der Waals surface area contributed by atoms with E-state index in [2.05, 4.69) is 33.0 Å². The smallest absolute Gasteiger partial charge is 0.224 e. The summed E-state index contributed by atoms with van der Waals surface area (Å²) < 4.78 is 0. The Hall–Kier alpha value is -1.51. The molecule has 0 fully saturated rings. The summed E-state index contributed by atoms with van der Waals surface area (Å²) in [5.74, 6) is 0.624. The average Bonchev–Trinajstić information content (AvgIpc) is 2.35. The van der Waals surface area contributed by atoms with Crippen LogP contribution in [0.4, 0.5) is 0 Å². The van der Waals surface area contributed by atoms with Gasteiger partial charge in [0.25, 0.3) is 0 Å². The minimum Gasteiger partial charge on any atom is -0.508 e. The molecule has 0 aromatic heterocycles. The summed E-state index contributed by atoms with van der Waals surface area (Å²) >= 11 is 0. The highest BCUT2D eigenvalue weighted by atomic mass is 16.3. The molecule has 0 bridgehead atoms. The first-order valence-corrected chi connectivity index (χ1v) is 8.03. The molecule has 124 valence electrons. The summed E-state index contributed by atoms with van der Waals surface area (Å²) in [4.78, 5) is 12.8. The largest absolute Gasteiger partial charge is 0.508 e. The topological polar surface area (TPSA) is 49.3 Å². The number of hydrogen-bond donors (Lipinski definition) is 2. The number of phenolic OH excluding ortho intramolecular Hbond substituents is 1. The Morgan fingerprint density at radius 1 is 1.09 bits per heavy atom. The normalized spacial score (nSPS) is 14.0. The third-order valence-electron chi connectivity index (χ3n) is 4.58. The van der Waals surface area contributed by atoms with Crippen molar-refractivity contribution in [3.05, 3.63) is 29.8 Å². The van der Waals surface area contributed by atoms with Gasteiger partial charge >= 0.3 is 0 Å². The Morgan fingerprint density at radius 2 is 1.59 bits per heavy atom. The monoisotopic (exact) mass is 305 g/mol. The van der Waals surface area contributed by atoms with E-state index in [1.54, 1.807) is 12.1 Å². The molecule has 0 aliphatic rings. The van der Waals surface area contributed by atoms with Crippen LogP contribution in [0.1, 0.15) is 54.0 Å². The van der Waals surface area contributed by atoms with Crippen molar-refractivity contribution in [3.8, 4) is 5.75 Å². The minimum atomic E-state index is -0.239. The van der Waals surface area contributed by atoms with Crippen LogP contribution in [-0.4, -0.2) is 16.6 Å². The van der Waals surface area contributed by atoms with Crippen LogP contribution in [-0.2, 0) is 11.2 Å². The van der Waals surface area contributed by atoms with Crippen molar-refractivity contribution in [1.29, 1.82) is 0 Å². The average molecular weight is 305 g/mol. The maximum Gasteiger partial charge on any atom is 0.224 e. The van der Waals surface area contributed by atoms with Gasteiger partial charge in [-0.1, -0.05) is 39.8 Å². The van der Waals surface area contributed by atoms with Crippen molar-refractivity contribution in [1.82, 2.24) is 5.32 Å². The number of rotatable bonds is 5. The van der Waals surface area contributed by atoms with Crippen LogP contribution in [0, 0.1) is 17.3 Å². The first kappa shape index (κ1) is 18.5. The third-order valence-corrected chi connectivity index (χ3v) is 4.58. The fourth-order valence-corrected chi connectivity index (χ4v) is 2.42. The first-order chi connectivity index (χ1) is 9.93. The van der Waals surface area contributed by atoms with Gasteiger partial charge in [-0.3, -0.25) is 4.79 Å². The number of nitrogens with one attached hydrogen (secondary N) is 1. The van der Waals surface area contributed by atoms with Crippen LogP contribution in [0.2, 0.25) is 0 Å². The molecule has 1 unspecified atom stereocenters. The van der Waals surface area contributed by atoms with Gasteiger partial charge in [0.15, 0.2) is 0 Å². The summed E-state index contributed by atoms with van der Waals surface area (Å²) in [6, 6.07) is 7.14. The Bertz CT molecular complexity index is 495.